The van der Waals surface area contributed by atoms with Crippen LogP contribution in [0.2, 0.25) is 0 Å². The molecule has 1 fully saturated rings. The van der Waals surface area contributed by atoms with Gasteiger partial charge in [-0.2, -0.15) is 0 Å². The second kappa shape index (κ2) is 23.5. The summed E-state index contributed by atoms with van der Waals surface area (Å²) in [5.41, 5.74) is 5.97. The van der Waals surface area contributed by atoms with Gasteiger partial charge < -0.3 is 16.1 Å². The summed E-state index contributed by atoms with van der Waals surface area (Å²) >= 11 is 1.77. The largest absolute Gasteiger partial charge is 0.329 e. The Labute approximate surface area is 222 Å². The van der Waals surface area contributed by atoms with Crippen molar-refractivity contribution in [3.63, 3.8) is 0 Å². The minimum atomic E-state index is 0.537. The molecule has 6 nitrogen and oxygen atoms in total. The summed E-state index contributed by atoms with van der Waals surface area (Å²) < 4.78 is 0. The van der Waals surface area contributed by atoms with Crippen LogP contribution in [0.1, 0.15) is 72.6 Å². The summed E-state index contributed by atoms with van der Waals surface area (Å²) in [6.45, 7) is 23.1. The number of likely N-dealkylation sites (tertiary alicyclic amines) is 1. The van der Waals surface area contributed by atoms with Gasteiger partial charge in [-0.3, -0.25) is 9.89 Å². The van der Waals surface area contributed by atoms with E-state index in [1.807, 2.05) is 7.05 Å². The molecule has 0 aromatic heterocycles. The van der Waals surface area contributed by atoms with Crippen molar-refractivity contribution in [2.45, 2.75) is 84.7 Å². The summed E-state index contributed by atoms with van der Waals surface area (Å²) in [6.07, 6.45) is 14.4. The average molecular weight is 511 g/mol. The number of aliphatic imine (C=N–C) groups is 1. The van der Waals surface area contributed by atoms with Crippen LogP contribution in [-0.4, -0.2) is 74.6 Å². The van der Waals surface area contributed by atoms with Crippen LogP contribution < -0.4 is 21.5 Å². The predicted molar refractivity (Wildman–Crippen MR) is 160 cm³/mol. The lowest BCUT2D eigenvalue weighted by Gasteiger charge is -2.31. The lowest BCUT2D eigenvalue weighted by Crippen LogP contribution is -2.38. The highest BCUT2D eigenvalue weighted by atomic mass is 32.2. The molecule has 0 amide bonds. The molecule has 0 aromatic carbocycles. The fraction of sp³-hybridized carbons (Fsp3) is 0.821. The quantitative estimate of drug-likeness (QED) is 0.0640. The van der Waals surface area contributed by atoms with Crippen molar-refractivity contribution in [2.24, 2.45) is 16.8 Å². The first kappa shape index (κ1) is 34.1. The molecule has 3 atom stereocenters. The number of thioether (sulfide) groups is 1. The lowest BCUT2D eigenvalue weighted by atomic mass is 9.93. The van der Waals surface area contributed by atoms with E-state index in [1.165, 1.54) is 63.2 Å². The molecule has 0 aromatic rings. The van der Waals surface area contributed by atoms with Gasteiger partial charge in [-0.15, -0.1) is 18.3 Å². The highest BCUT2D eigenvalue weighted by Crippen LogP contribution is 2.25. The van der Waals surface area contributed by atoms with Gasteiger partial charge in [0.2, 0.25) is 0 Å². The number of nitrogens with zero attached hydrogens (tertiary/aromatic N) is 2. The van der Waals surface area contributed by atoms with Crippen LogP contribution >= 0.6 is 11.8 Å². The first-order valence-corrected chi connectivity index (χ1v) is 15.2. The van der Waals surface area contributed by atoms with Gasteiger partial charge in [-0.05, 0) is 71.0 Å². The first-order valence-electron chi connectivity index (χ1n) is 14.0. The second-order valence-corrected chi connectivity index (χ2v) is 10.2. The number of hydrogen-bond acceptors (Lipinski definition) is 7. The molecule has 35 heavy (non-hydrogen) atoms. The number of nitrogens with one attached hydrogen (secondary N) is 4. The van der Waals surface area contributed by atoms with Gasteiger partial charge in [0.1, 0.15) is 0 Å². The third kappa shape index (κ3) is 15.8. The molecule has 1 aliphatic heterocycles. The maximum Gasteiger partial charge on any atom is 0.0688 e. The summed E-state index contributed by atoms with van der Waals surface area (Å²) in [5, 5.41) is 8.11. The summed E-state index contributed by atoms with van der Waals surface area (Å²) in [7, 11) is 2.03. The topological polar surface area (TPSA) is 63.7 Å². The molecule has 7 heteroatoms. The number of hydrogen-bond donors (Lipinski definition) is 4. The van der Waals surface area contributed by atoms with Crippen LogP contribution in [0.25, 0.3) is 0 Å². The van der Waals surface area contributed by atoms with Crippen molar-refractivity contribution >= 4 is 16.8 Å². The van der Waals surface area contributed by atoms with Crippen molar-refractivity contribution in [1.82, 2.24) is 26.4 Å². The average Bonchev–Trinajstić information content (AvgIpc) is 3.35. The van der Waals surface area contributed by atoms with Gasteiger partial charge in [0.05, 0.1) is 5.04 Å². The van der Waals surface area contributed by atoms with Crippen LogP contribution in [0.3, 0.4) is 0 Å². The molecular weight excluding hydrogens is 452 g/mol. The Hall–Kier alpha value is -0.860. The minimum Gasteiger partial charge on any atom is -0.329 e. The van der Waals surface area contributed by atoms with Crippen molar-refractivity contribution in [3.05, 3.63) is 25.4 Å². The highest BCUT2D eigenvalue weighted by molar-refractivity contribution is 8.13. The van der Waals surface area contributed by atoms with E-state index in [2.05, 4.69) is 84.6 Å². The third-order valence-electron chi connectivity index (χ3n) is 6.90. The smallest absolute Gasteiger partial charge is 0.0688 e. The van der Waals surface area contributed by atoms with Gasteiger partial charge in [0.25, 0.3) is 0 Å². The Bertz CT molecular complexity index is 538. The normalized spacial score (nSPS) is 18.1. The maximum absolute atomic E-state index is 4.51. The second-order valence-electron chi connectivity index (χ2n) is 9.29. The highest BCUT2D eigenvalue weighted by Gasteiger charge is 2.29. The van der Waals surface area contributed by atoms with E-state index >= 15 is 0 Å². The standard InChI is InChI=1S/C15H30N2.C13H28N4S/c1-5-14(6-2)15(7-3)17-10-9-13(12-17)11-16-8-4;1-5-15-13(18-4)11-12(14-3)9-7-8-10-17-16-6-2/h7,13-16H,3,5-6,8-12H2,1-2,4H3;6,12,14,16-17H,2,5,7-11H2,1,3-4H3. The minimum absolute atomic E-state index is 0.537. The molecule has 0 spiro atoms. The molecule has 0 saturated carbocycles. The first-order chi connectivity index (χ1) is 17.0. The molecule has 0 radical (unpaired) electrons. The Morgan fingerprint density at radius 3 is 2.46 bits per heavy atom. The number of rotatable bonds is 19. The van der Waals surface area contributed by atoms with Crippen LogP contribution in [-0.2, 0) is 0 Å². The number of hydrazine groups is 1. The van der Waals surface area contributed by atoms with Crippen molar-refractivity contribution in [1.29, 1.82) is 0 Å². The Balaban J connectivity index is 0.000000661. The molecular formula is C28H58N6S. The van der Waals surface area contributed by atoms with Crippen LogP contribution in [0, 0.1) is 11.8 Å². The Morgan fingerprint density at radius 2 is 1.91 bits per heavy atom. The molecule has 4 N–H and O–H groups in total. The van der Waals surface area contributed by atoms with Gasteiger partial charge in [0.15, 0.2) is 0 Å². The van der Waals surface area contributed by atoms with E-state index < -0.39 is 0 Å². The molecule has 1 heterocycles. The van der Waals surface area contributed by atoms with E-state index in [1.54, 1.807) is 18.0 Å². The van der Waals surface area contributed by atoms with Crippen molar-refractivity contribution in [3.8, 4) is 0 Å². The van der Waals surface area contributed by atoms with E-state index in [-0.39, 0.29) is 0 Å². The zero-order chi connectivity index (χ0) is 26.3. The maximum atomic E-state index is 4.51. The van der Waals surface area contributed by atoms with Crippen LogP contribution in [0.4, 0.5) is 0 Å². The summed E-state index contributed by atoms with van der Waals surface area (Å²) in [5.74, 6) is 1.62. The molecule has 1 aliphatic rings. The third-order valence-corrected chi connectivity index (χ3v) is 7.67. The van der Waals surface area contributed by atoms with E-state index in [9.17, 15) is 0 Å². The zero-order valence-corrected chi connectivity index (χ0v) is 24.7. The monoisotopic (exact) mass is 510 g/mol. The van der Waals surface area contributed by atoms with Gasteiger partial charge in [0, 0.05) is 44.3 Å². The van der Waals surface area contributed by atoms with Crippen LogP contribution in [0.5, 0.6) is 0 Å². The van der Waals surface area contributed by atoms with E-state index in [0.29, 0.717) is 12.1 Å². The van der Waals surface area contributed by atoms with Gasteiger partial charge in [-0.25, -0.2) is 5.43 Å². The Morgan fingerprint density at radius 1 is 1.17 bits per heavy atom. The predicted octanol–water partition coefficient (Wildman–Crippen LogP) is 5.06. The zero-order valence-electron chi connectivity index (χ0n) is 23.9. The molecule has 0 aliphatic carbocycles. The Kier molecular flexibility index (Phi) is 23.0. The molecule has 1 rings (SSSR count). The fourth-order valence-corrected chi connectivity index (χ4v) is 5.38. The summed E-state index contributed by atoms with van der Waals surface area (Å²) in [6, 6.07) is 1.13. The molecule has 0 bridgehead atoms. The number of unbranched alkanes of at least 4 members (excludes halogenated alkanes) is 1. The van der Waals surface area contributed by atoms with E-state index in [0.717, 1.165) is 37.9 Å². The van der Waals surface area contributed by atoms with Crippen molar-refractivity contribution < 1.29 is 0 Å². The van der Waals surface area contributed by atoms with Crippen LogP contribution in [0.15, 0.2) is 30.4 Å². The van der Waals surface area contributed by atoms with Crippen molar-refractivity contribution in [2.75, 3.05) is 52.6 Å². The van der Waals surface area contributed by atoms with Gasteiger partial charge >= 0.3 is 0 Å². The lowest BCUT2D eigenvalue weighted by molar-refractivity contribution is 0.199. The fourth-order valence-electron chi connectivity index (χ4n) is 4.76. The van der Waals surface area contributed by atoms with E-state index in [4.69, 9.17) is 0 Å². The molecule has 206 valence electrons. The summed E-state index contributed by atoms with van der Waals surface area (Å²) in [4.78, 5) is 7.15. The molecule has 3 unspecified atom stereocenters. The molecule has 1 saturated heterocycles. The SMILES string of the molecule is C=CC(C(CC)CC)N1CCC(CNCC)C1.C=CNNCCCCC(CC(=NCC)SC)NC. The van der Waals surface area contributed by atoms with Gasteiger partial charge in [-0.1, -0.05) is 52.7 Å².